The number of nitrogens with zero attached hydrogens (tertiary/aromatic N) is 1. The van der Waals surface area contributed by atoms with Crippen LogP contribution in [0, 0.1) is 12.3 Å². The minimum absolute atomic E-state index is 0.256. The monoisotopic (exact) mass is 153 g/mol. The first-order valence-electron chi connectivity index (χ1n) is 4.21. The van der Waals surface area contributed by atoms with Gasteiger partial charge in [0.25, 0.3) is 0 Å². The topological polar surface area (TPSA) is 3.24 Å². The van der Waals surface area contributed by atoms with E-state index in [1.54, 1.807) is 0 Å². The van der Waals surface area contributed by atoms with Crippen molar-refractivity contribution in [2.24, 2.45) is 0 Å². The maximum Gasteiger partial charge on any atom is 0.0214 e. The molecule has 0 aliphatic carbocycles. The second kappa shape index (κ2) is 4.41. The lowest BCUT2D eigenvalue weighted by molar-refractivity contribution is 0.148. The van der Waals surface area contributed by atoms with E-state index >= 15 is 0 Å². The molecule has 0 rings (SSSR count). The molecule has 0 amide bonds. The molecule has 0 saturated carbocycles. The van der Waals surface area contributed by atoms with Crippen LogP contribution in [0.1, 0.15) is 34.1 Å². The van der Waals surface area contributed by atoms with Crippen LogP contribution in [0.15, 0.2) is 0 Å². The number of hydrogen-bond donors (Lipinski definition) is 0. The van der Waals surface area contributed by atoms with Crippen molar-refractivity contribution in [3.63, 3.8) is 0 Å². The van der Waals surface area contributed by atoms with Gasteiger partial charge in [0.15, 0.2) is 0 Å². The molecular formula is C10H19N. The van der Waals surface area contributed by atoms with E-state index in [0.717, 1.165) is 19.5 Å². The Labute approximate surface area is 70.8 Å². The van der Waals surface area contributed by atoms with E-state index in [4.69, 9.17) is 6.42 Å². The van der Waals surface area contributed by atoms with Crippen LogP contribution in [0.2, 0.25) is 0 Å². The Morgan fingerprint density at radius 1 is 1.36 bits per heavy atom. The van der Waals surface area contributed by atoms with Gasteiger partial charge >= 0.3 is 0 Å². The van der Waals surface area contributed by atoms with Crippen LogP contribution in [0.3, 0.4) is 0 Å². The summed E-state index contributed by atoms with van der Waals surface area (Å²) in [4.78, 5) is 2.38. The van der Waals surface area contributed by atoms with Crippen LogP contribution in [0.4, 0.5) is 0 Å². The Bertz CT molecular complexity index is 136. The van der Waals surface area contributed by atoms with Crippen molar-refractivity contribution in [1.29, 1.82) is 0 Å². The highest BCUT2D eigenvalue weighted by atomic mass is 15.2. The zero-order valence-electron chi connectivity index (χ0n) is 8.15. The molecule has 0 aromatic rings. The van der Waals surface area contributed by atoms with Crippen LogP contribution in [0.5, 0.6) is 0 Å². The lowest BCUT2D eigenvalue weighted by atomic mass is 10.1. The van der Waals surface area contributed by atoms with Gasteiger partial charge in [0, 0.05) is 18.5 Å². The van der Waals surface area contributed by atoms with Crippen molar-refractivity contribution in [1.82, 2.24) is 4.90 Å². The molecule has 0 aliphatic rings. The predicted octanol–water partition coefficient (Wildman–Crippen LogP) is 2.13. The summed E-state index contributed by atoms with van der Waals surface area (Å²) in [6.07, 6.45) is 6.05. The van der Waals surface area contributed by atoms with Gasteiger partial charge < -0.3 is 0 Å². The molecule has 1 heteroatoms. The normalized spacial score (nSPS) is 11.6. The summed E-state index contributed by atoms with van der Waals surface area (Å²) in [5, 5.41) is 0. The molecule has 0 aromatic heterocycles. The van der Waals surface area contributed by atoms with E-state index in [9.17, 15) is 0 Å². The first-order valence-corrected chi connectivity index (χ1v) is 4.21. The summed E-state index contributed by atoms with van der Waals surface area (Å²) in [7, 11) is 0. The first kappa shape index (κ1) is 10.5. The van der Waals surface area contributed by atoms with E-state index in [1.165, 1.54) is 0 Å². The third-order valence-corrected chi connectivity index (χ3v) is 1.86. The fraction of sp³-hybridized carbons (Fsp3) is 0.800. The Morgan fingerprint density at radius 3 is 2.18 bits per heavy atom. The summed E-state index contributed by atoms with van der Waals surface area (Å²) in [6.45, 7) is 10.9. The van der Waals surface area contributed by atoms with E-state index < -0.39 is 0 Å². The van der Waals surface area contributed by atoms with Crippen molar-refractivity contribution in [2.45, 2.75) is 39.7 Å². The standard InChI is InChI=1S/C10H19N/c1-6-8-9-11(7-2)10(3,4)5/h1H,7-9H2,2-5H3. The van der Waals surface area contributed by atoms with Crippen molar-refractivity contribution < 1.29 is 0 Å². The quantitative estimate of drug-likeness (QED) is 0.561. The Hall–Kier alpha value is -0.480. The zero-order chi connectivity index (χ0) is 8.91. The third kappa shape index (κ3) is 4.06. The van der Waals surface area contributed by atoms with Crippen molar-refractivity contribution in [3.05, 3.63) is 0 Å². The van der Waals surface area contributed by atoms with Gasteiger partial charge in [-0.25, -0.2) is 0 Å². The maximum atomic E-state index is 5.20. The molecule has 0 saturated heterocycles. The SMILES string of the molecule is C#CCCN(CC)C(C)(C)C. The lowest BCUT2D eigenvalue weighted by Gasteiger charge is -2.34. The molecule has 0 heterocycles. The Balaban J connectivity index is 3.88. The van der Waals surface area contributed by atoms with Gasteiger partial charge in [-0.05, 0) is 27.3 Å². The molecule has 0 unspecified atom stereocenters. The van der Waals surface area contributed by atoms with Crippen LogP contribution < -0.4 is 0 Å². The lowest BCUT2D eigenvalue weighted by Crippen LogP contribution is -2.41. The largest absolute Gasteiger partial charge is 0.298 e. The van der Waals surface area contributed by atoms with Gasteiger partial charge in [-0.2, -0.15) is 0 Å². The van der Waals surface area contributed by atoms with E-state index in [1.807, 2.05) is 0 Å². The minimum Gasteiger partial charge on any atom is -0.298 e. The third-order valence-electron chi connectivity index (χ3n) is 1.86. The smallest absolute Gasteiger partial charge is 0.0214 e. The summed E-state index contributed by atoms with van der Waals surface area (Å²) in [5.74, 6) is 2.66. The van der Waals surface area contributed by atoms with Crippen LogP contribution in [0.25, 0.3) is 0 Å². The van der Waals surface area contributed by atoms with Crippen LogP contribution >= 0.6 is 0 Å². The predicted molar refractivity (Wildman–Crippen MR) is 50.5 cm³/mol. The highest BCUT2D eigenvalue weighted by Crippen LogP contribution is 2.12. The molecule has 0 aliphatic heterocycles. The van der Waals surface area contributed by atoms with Gasteiger partial charge in [-0.15, -0.1) is 12.3 Å². The van der Waals surface area contributed by atoms with Crippen LogP contribution in [-0.4, -0.2) is 23.5 Å². The van der Waals surface area contributed by atoms with Crippen molar-refractivity contribution >= 4 is 0 Å². The minimum atomic E-state index is 0.256. The second-order valence-corrected chi connectivity index (χ2v) is 3.70. The molecule has 0 N–H and O–H groups in total. The van der Waals surface area contributed by atoms with Gasteiger partial charge in [-0.1, -0.05) is 6.92 Å². The number of rotatable bonds is 3. The first-order chi connectivity index (χ1) is 5.02. The molecule has 0 spiro atoms. The van der Waals surface area contributed by atoms with Gasteiger partial charge in [-0.3, -0.25) is 4.90 Å². The summed E-state index contributed by atoms with van der Waals surface area (Å²) >= 11 is 0. The molecular weight excluding hydrogens is 134 g/mol. The summed E-state index contributed by atoms with van der Waals surface area (Å²) in [5.41, 5.74) is 0.256. The highest BCUT2D eigenvalue weighted by Gasteiger charge is 2.17. The molecule has 64 valence electrons. The van der Waals surface area contributed by atoms with Crippen molar-refractivity contribution in [3.8, 4) is 12.3 Å². The average Bonchev–Trinajstić information content (AvgIpc) is 1.87. The van der Waals surface area contributed by atoms with Crippen LogP contribution in [-0.2, 0) is 0 Å². The molecule has 0 aromatic carbocycles. The molecule has 1 nitrogen and oxygen atoms in total. The number of hydrogen-bond acceptors (Lipinski definition) is 1. The van der Waals surface area contributed by atoms with Crippen molar-refractivity contribution in [2.75, 3.05) is 13.1 Å². The fourth-order valence-corrected chi connectivity index (χ4v) is 1.17. The second-order valence-electron chi connectivity index (χ2n) is 3.70. The van der Waals surface area contributed by atoms with Gasteiger partial charge in [0.05, 0.1) is 0 Å². The fourth-order valence-electron chi connectivity index (χ4n) is 1.17. The molecule has 0 bridgehead atoms. The summed E-state index contributed by atoms with van der Waals surface area (Å²) in [6, 6.07) is 0. The summed E-state index contributed by atoms with van der Waals surface area (Å²) < 4.78 is 0. The zero-order valence-corrected chi connectivity index (χ0v) is 8.15. The van der Waals surface area contributed by atoms with E-state index in [-0.39, 0.29) is 5.54 Å². The van der Waals surface area contributed by atoms with Gasteiger partial charge in [0.2, 0.25) is 0 Å². The molecule has 11 heavy (non-hydrogen) atoms. The molecule has 0 fully saturated rings. The number of terminal acetylenes is 1. The maximum absolute atomic E-state index is 5.20. The van der Waals surface area contributed by atoms with E-state index in [2.05, 4.69) is 38.5 Å². The molecule has 0 radical (unpaired) electrons. The molecule has 0 atom stereocenters. The Morgan fingerprint density at radius 2 is 1.91 bits per heavy atom. The highest BCUT2D eigenvalue weighted by molar-refractivity contribution is 4.86. The average molecular weight is 153 g/mol. The Kier molecular flexibility index (Phi) is 4.22. The van der Waals surface area contributed by atoms with Gasteiger partial charge in [0.1, 0.15) is 0 Å². The van der Waals surface area contributed by atoms with E-state index in [0.29, 0.717) is 0 Å².